The predicted octanol–water partition coefficient (Wildman–Crippen LogP) is 2.38. The van der Waals surface area contributed by atoms with E-state index in [1.165, 1.54) is 24.4 Å². The minimum atomic E-state index is -3.26. The van der Waals surface area contributed by atoms with Crippen LogP contribution in [0.2, 0.25) is 0 Å². The molecular weight excluding hydrogens is 402 g/mol. The normalized spacial score (nSPS) is 15.6. The number of rotatable bonds is 9. The Balaban J connectivity index is 1.75. The number of sulfone groups is 1. The fourth-order valence-electron chi connectivity index (χ4n) is 2.66. The van der Waals surface area contributed by atoms with E-state index in [1.54, 1.807) is 0 Å². The number of hydrogen-bond acceptors (Lipinski definition) is 7. The van der Waals surface area contributed by atoms with Crippen LogP contribution in [0.3, 0.4) is 0 Å². The van der Waals surface area contributed by atoms with Gasteiger partial charge in [0.25, 0.3) is 0 Å². The second-order valence-corrected chi connectivity index (χ2v) is 8.82. The first-order valence-electron chi connectivity index (χ1n) is 9.06. The zero-order valence-corrected chi connectivity index (χ0v) is 16.6. The molecule has 3 rings (SSSR count). The summed E-state index contributed by atoms with van der Waals surface area (Å²) in [5, 5.41) is 17.1. The van der Waals surface area contributed by atoms with E-state index in [1.807, 2.05) is 0 Å². The molecule has 1 saturated carbocycles. The molecule has 0 amide bonds. The van der Waals surface area contributed by atoms with Gasteiger partial charge in [-0.25, -0.2) is 27.2 Å². The number of aliphatic hydroxyl groups excluding tert-OH is 1. The molecule has 1 aliphatic rings. The monoisotopic (exact) mass is 424 g/mol. The quantitative estimate of drug-likeness (QED) is 0.531. The van der Waals surface area contributed by atoms with Crippen LogP contribution < -0.4 is 10.6 Å². The van der Waals surface area contributed by atoms with Gasteiger partial charge in [-0.1, -0.05) is 18.2 Å². The highest BCUT2D eigenvalue weighted by molar-refractivity contribution is 7.93. The van der Waals surface area contributed by atoms with Crippen LogP contribution in [-0.4, -0.2) is 36.3 Å². The molecule has 0 bridgehead atoms. The second kappa shape index (κ2) is 8.93. The standard InChI is InChI=1S/C19H22F2N4O3S/c1-29(27,28)9-3-8-22-19(26)14-11-24-17(12-6-7-12)25-18(14)23-10-13-4-2-5-15(20)16(13)21/h2-5,9,11-12,19,22,26H,6-8,10H2,1H3,(H,23,24,25)/b9-3+. The van der Waals surface area contributed by atoms with Crippen molar-refractivity contribution < 1.29 is 22.3 Å². The van der Waals surface area contributed by atoms with E-state index >= 15 is 0 Å². The van der Waals surface area contributed by atoms with Crippen molar-refractivity contribution in [3.8, 4) is 0 Å². The Morgan fingerprint density at radius 2 is 2.10 bits per heavy atom. The van der Waals surface area contributed by atoms with Gasteiger partial charge in [0.05, 0.1) is 5.56 Å². The van der Waals surface area contributed by atoms with Crippen molar-refractivity contribution in [1.29, 1.82) is 0 Å². The molecule has 3 N–H and O–H groups in total. The molecular formula is C19H22F2N4O3S. The van der Waals surface area contributed by atoms with Gasteiger partial charge in [-0.15, -0.1) is 0 Å². The third kappa shape index (κ3) is 6.02. The van der Waals surface area contributed by atoms with E-state index in [2.05, 4.69) is 20.6 Å². The summed E-state index contributed by atoms with van der Waals surface area (Å²) < 4.78 is 49.6. The van der Waals surface area contributed by atoms with Crippen LogP contribution in [0, 0.1) is 11.6 Å². The fourth-order valence-corrected chi connectivity index (χ4v) is 3.11. The summed E-state index contributed by atoms with van der Waals surface area (Å²) in [7, 11) is -3.26. The molecule has 1 unspecified atom stereocenters. The molecule has 1 aliphatic carbocycles. The van der Waals surface area contributed by atoms with Gasteiger partial charge in [0.2, 0.25) is 0 Å². The lowest BCUT2D eigenvalue weighted by Gasteiger charge is -2.17. The summed E-state index contributed by atoms with van der Waals surface area (Å²) >= 11 is 0. The zero-order chi connectivity index (χ0) is 21.0. The van der Waals surface area contributed by atoms with E-state index in [9.17, 15) is 22.3 Å². The number of halogens is 2. The minimum Gasteiger partial charge on any atom is -0.374 e. The maximum atomic E-state index is 13.9. The number of aromatic nitrogens is 2. The highest BCUT2D eigenvalue weighted by Gasteiger charge is 2.28. The minimum absolute atomic E-state index is 0.0294. The first-order valence-corrected chi connectivity index (χ1v) is 11.0. The van der Waals surface area contributed by atoms with Gasteiger partial charge in [0.15, 0.2) is 21.5 Å². The maximum absolute atomic E-state index is 13.9. The van der Waals surface area contributed by atoms with E-state index in [4.69, 9.17) is 0 Å². The zero-order valence-electron chi connectivity index (χ0n) is 15.8. The third-order valence-corrected chi connectivity index (χ3v) is 5.01. The highest BCUT2D eigenvalue weighted by Crippen LogP contribution is 2.38. The fraction of sp³-hybridized carbons (Fsp3) is 0.368. The van der Waals surface area contributed by atoms with Crippen molar-refractivity contribution >= 4 is 15.7 Å². The molecule has 1 atom stereocenters. The molecule has 0 radical (unpaired) electrons. The lowest BCUT2D eigenvalue weighted by atomic mass is 10.2. The summed E-state index contributed by atoms with van der Waals surface area (Å²) in [4.78, 5) is 8.72. The highest BCUT2D eigenvalue weighted by atomic mass is 32.2. The van der Waals surface area contributed by atoms with E-state index < -0.39 is 27.7 Å². The van der Waals surface area contributed by atoms with Crippen molar-refractivity contribution in [2.75, 3.05) is 18.1 Å². The van der Waals surface area contributed by atoms with Crippen LogP contribution in [-0.2, 0) is 16.4 Å². The van der Waals surface area contributed by atoms with Gasteiger partial charge in [0.1, 0.15) is 17.9 Å². The van der Waals surface area contributed by atoms with E-state index in [0.717, 1.165) is 30.6 Å². The summed E-state index contributed by atoms with van der Waals surface area (Å²) in [5.74, 6) is -0.691. The van der Waals surface area contributed by atoms with Crippen LogP contribution in [0.5, 0.6) is 0 Å². The Morgan fingerprint density at radius 1 is 1.34 bits per heavy atom. The molecule has 1 aromatic carbocycles. The van der Waals surface area contributed by atoms with Crippen LogP contribution in [0.15, 0.2) is 35.9 Å². The molecule has 0 spiro atoms. The van der Waals surface area contributed by atoms with Crippen molar-refractivity contribution in [3.05, 3.63) is 64.5 Å². The molecule has 156 valence electrons. The van der Waals surface area contributed by atoms with Gasteiger partial charge >= 0.3 is 0 Å². The van der Waals surface area contributed by atoms with Crippen LogP contribution in [0.25, 0.3) is 0 Å². The first kappa shape index (κ1) is 21.3. The Morgan fingerprint density at radius 3 is 2.79 bits per heavy atom. The van der Waals surface area contributed by atoms with Crippen molar-refractivity contribution in [1.82, 2.24) is 15.3 Å². The summed E-state index contributed by atoms with van der Waals surface area (Å²) in [6.07, 6.45) is 4.68. The molecule has 7 nitrogen and oxygen atoms in total. The Bertz CT molecular complexity index is 1010. The number of nitrogens with zero attached hydrogens (tertiary/aromatic N) is 2. The maximum Gasteiger partial charge on any atom is 0.168 e. The molecule has 2 aromatic rings. The Labute approximate surface area is 167 Å². The number of benzene rings is 1. The molecule has 1 aromatic heterocycles. The molecule has 0 saturated heterocycles. The molecule has 29 heavy (non-hydrogen) atoms. The molecule has 10 heteroatoms. The van der Waals surface area contributed by atoms with Gasteiger partial charge in [-0.3, -0.25) is 5.32 Å². The average molecular weight is 424 g/mol. The van der Waals surface area contributed by atoms with Crippen molar-refractivity contribution in [2.45, 2.75) is 31.5 Å². The lowest BCUT2D eigenvalue weighted by Crippen LogP contribution is -2.23. The van der Waals surface area contributed by atoms with Gasteiger partial charge < -0.3 is 10.4 Å². The van der Waals surface area contributed by atoms with Crippen LogP contribution in [0.4, 0.5) is 14.6 Å². The summed E-state index contributed by atoms with van der Waals surface area (Å²) in [6.45, 7) is 0.0645. The molecule has 0 aliphatic heterocycles. The molecule has 1 heterocycles. The topological polar surface area (TPSA) is 104 Å². The lowest BCUT2D eigenvalue weighted by molar-refractivity contribution is 0.144. The second-order valence-electron chi connectivity index (χ2n) is 6.89. The van der Waals surface area contributed by atoms with Crippen molar-refractivity contribution in [2.24, 2.45) is 0 Å². The average Bonchev–Trinajstić information content (AvgIpc) is 3.50. The summed E-state index contributed by atoms with van der Waals surface area (Å²) in [6, 6.07) is 3.91. The number of anilines is 1. The third-order valence-electron chi connectivity index (χ3n) is 4.32. The van der Waals surface area contributed by atoms with E-state index in [0.29, 0.717) is 17.2 Å². The summed E-state index contributed by atoms with van der Waals surface area (Å²) in [5.41, 5.74) is 0.444. The smallest absolute Gasteiger partial charge is 0.168 e. The first-order chi connectivity index (χ1) is 13.7. The largest absolute Gasteiger partial charge is 0.374 e. The van der Waals surface area contributed by atoms with Crippen molar-refractivity contribution in [3.63, 3.8) is 0 Å². The van der Waals surface area contributed by atoms with Gasteiger partial charge in [-0.05, 0) is 18.9 Å². The SMILES string of the molecule is CS(=O)(=O)/C=C/CNC(O)c1cnc(C2CC2)nc1NCc1cccc(F)c1F. The van der Waals surface area contributed by atoms with E-state index in [-0.39, 0.29) is 24.6 Å². The van der Waals surface area contributed by atoms with Crippen LogP contribution >= 0.6 is 0 Å². The number of aliphatic hydroxyl groups is 1. The number of hydrogen-bond donors (Lipinski definition) is 3. The Kier molecular flexibility index (Phi) is 6.56. The molecule has 1 fully saturated rings. The Hall–Kier alpha value is -2.43. The van der Waals surface area contributed by atoms with Gasteiger partial charge in [-0.2, -0.15) is 0 Å². The number of nitrogens with one attached hydrogen (secondary N) is 2. The predicted molar refractivity (Wildman–Crippen MR) is 105 cm³/mol. The van der Waals surface area contributed by atoms with Crippen LogP contribution in [0.1, 0.15) is 41.9 Å². The van der Waals surface area contributed by atoms with Gasteiger partial charge in [0, 0.05) is 42.4 Å².